The van der Waals surface area contributed by atoms with E-state index in [1.165, 1.54) is 47.2 Å². The summed E-state index contributed by atoms with van der Waals surface area (Å²) >= 11 is 3.66. The van der Waals surface area contributed by atoms with E-state index in [0.29, 0.717) is 6.04 Å². The molecule has 0 spiro atoms. The number of hydrogen-bond donors (Lipinski definition) is 1. The van der Waals surface area contributed by atoms with Gasteiger partial charge in [0.25, 0.3) is 0 Å². The zero-order valence-corrected chi connectivity index (χ0v) is 12.5. The summed E-state index contributed by atoms with van der Waals surface area (Å²) in [4.78, 5) is 2.40. The Labute approximate surface area is 113 Å². The summed E-state index contributed by atoms with van der Waals surface area (Å²) in [6.07, 6.45) is 2.46. The van der Waals surface area contributed by atoms with Gasteiger partial charge in [0.05, 0.1) is 5.69 Å². The van der Waals surface area contributed by atoms with Crippen LogP contribution in [0.4, 0.5) is 5.69 Å². The lowest BCUT2D eigenvalue weighted by Gasteiger charge is -2.31. The van der Waals surface area contributed by atoms with E-state index in [1.54, 1.807) is 0 Å². The number of likely N-dealkylation sites (tertiary alicyclic amines) is 1. The zero-order chi connectivity index (χ0) is 12.4. The molecule has 94 valence electrons. The molecule has 2 rings (SSSR count). The number of hydrogen-bond acceptors (Lipinski definition) is 2. The lowest BCUT2D eigenvalue weighted by molar-refractivity contribution is 0.264. The van der Waals surface area contributed by atoms with Crippen molar-refractivity contribution in [2.24, 2.45) is 0 Å². The van der Waals surface area contributed by atoms with Crippen LogP contribution in [0.2, 0.25) is 0 Å². The smallest absolute Gasteiger partial charge is 0.0516 e. The van der Waals surface area contributed by atoms with Crippen molar-refractivity contribution in [2.75, 3.05) is 25.5 Å². The molecule has 1 aromatic rings. The summed E-state index contributed by atoms with van der Waals surface area (Å²) in [6, 6.07) is 5.04. The van der Waals surface area contributed by atoms with Crippen molar-refractivity contribution in [3.63, 3.8) is 0 Å². The first kappa shape index (κ1) is 12.9. The van der Waals surface area contributed by atoms with Gasteiger partial charge in [0.15, 0.2) is 0 Å². The summed E-state index contributed by atoms with van der Waals surface area (Å²) in [6.45, 7) is 6.70. The van der Waals surface area contributed by atoms with Gasteiger partial charge in [0.2, 0.25) is 0 Å². The van der Waals surface area contributed by atoms with Gasteiger partial charge in [-0.2, -0.15) is 0 Å². The van der Waals surface area contributed by atoms with Crippen molar-refractivity contribution in [1.29, 1.82) is 0 Å². The van der Waals surface area contributed by atoms with Crippen molar-refractivity contribution in [3.05, 3.63) is 27.7 Å². The fourth-order valence-electron chi connectivity index (χ4n) is 2.46. The van der Waals surface area contributed by atoms with E-state index >= 15 is 0 Å². The highest BCUT2D eigenvalue weighted by molar-refractivity contribution is 9.10. The predicted molar refractivity (Wildman–Crippen MR) is 77.8 cm³/mol. The van der Waals surface area contributed by atoms with Gasteiger partial charge < -0.3 is 10.2 Å². The van der Waals surface area contributed by atoms with Crippen LogP contribution in [0.5, 0.6) is 0 Å². The Balaban J connectivity index is 2.08. The van der Waals surface area contributed by atoms with Crippen LogP contribution >= 0.6 is 15.9 Å². The maximum atomic E-state index is 3.69. The Morgan fingerprint density at radius 3 is 2.47 bits per heavy atom. The van der Waals surface area contributed by atoms with Crippen LogP contribution < -0.4 is 5.32 Å². The molecule has 1 aliphatic heterocycles. The highest BCUT2D eigenvalue weighted by Gasteiger charge is 2.17. The van der Waals surface area contributed by atoms with Crippen molar-refractivity contribution in [3.8, 4) is 0 Å². The molecule has 0 atom stereocenters. The van der Waals surface area contributed by atoms with Crippen LogP contribution in [0.25, 0.3) is 0 Å². The third kappa shape index (κ3) is 3.23. The van der Waals surface area contributed by atoms with Gasteiger partial charge in [0, 0.05) is 10.5 Å². The van der Waals surface area contributed by atoms with Crippen molar-refractivity contribution >= 4 is 21.6 Å². The molecular weight excluding hydrogens is 276 g/mol. The van der Waals surface area contributed by atoms with Crippen LogP contribution in [-0.4, -0.2) is 31.1 Å². The van der Waals surface area contributed by atoms with E-state index in [9.17, 15) is 0 Å². The molecule has 0 aromatic heterocycles. The van der Waals surface area contributed by atoms with Gasteiger partial charge in [-0.3, -0.25) is 0 Å². The Bertz CT molecular complexity index is 372. The second-order valence-electron chi connectivity index (χ2n) is 5.16. The van der Waals surface area contributed by atoms with E-state index in [0.717, 1.165) is 0 Å². The molecule has 1 fully saturated rings. The Morgan fingerprint density at radius 1 is 1.24 bits per heavy atom. The predicted octanol–water partition coefficient (Wildman–Crippen LogP) is 3.57. The summed E-state index contributed by atoms with van der Waals surface area (Å²) in [5, 5.41) is 3.69. The molecule has 1 N–H and O–H groups in total. The van der Waals surface area contributed by atoms with Crippen LogP contribution in [0.3, 0.4) is 0 Å². The van der Waals surface area contributed by atoms with Gasteiger partial charge in [-0.25, -0.2) is 0 Å². The maximum absolute atomic E-state index is 3.69. The molecule has 0 unspecified atom stereocenters. The quantitative estimate of drug-likeness (QED) is 0.897. The number of aryl methyl sites for hydroxylation is 2. The summed E-state index contributed by atoms with van der Waals surface area (Å²) in [5.74, 6) is 0. The van der Waals surface area contributed by atoms with Crippen molar-refractivity contribution < 1.29 is 0 Å². The zero-order valence-electron chi connectivity index (χ0n) is 10.9. The minimum atomic E-state index is 0.615. The van der Waals surface area contributed by atoms with E-state index in [1.807, 2.05) is 0 Å². The van der Waals surface area contributed by atoms with Gasteiger partial charge in [-0.05, 0) is 79.9 Å². The van der Waals surface area contributed by atoms with E-state index in [4.69, 9.17) is 0 Å². The number of halogens is 1. The number of benzene rings is 1. The number of anilines is 1. The van der Waals surface area contributed by atoms with Gasteiger partial charge >= 0.3 is 0 Å². The molecular formula is C14H21BrN2. The fourth-order valence-corrected chi connectivity index (χ4v) is 3.24. The first-order valence-electron chi connectivity index (χ1n) is 6.28. The monoisotopic (exact) mass is 296 g/mol. The summed E-state index contributed by atoms with van der Waals surface area (Å²) in [7, 11) is 2.20. The lowest BCUT2D eigenvalue weighted by atomic mass is 10.0. The van der Waals surface area contributed by atoms with Crippen molar-refractivity contribution in [1.82, 2.24) is 4.90 Å². The average Bonchev–Trinajstić information content (AvgIpc) is 2.26. The fraction of sp³-hybridized carbons (Fsp3) is 0.571. The highest BCUT2D eigenvalue weighted by atomic mass is 79.9. The minimum Gasteiger partial charge on any atom is -0.381 e. The van der Waals surface area contributed by atoms with E-state index in [2.05, 4.69) is 59.2 Å². The van der Waals surface area contributed by atoms with Gasteiger partial charge in [0.1, 0.15) is 0 Å². The van der Waals surface area contributed by atoms with Crippen LogP contribution in [0, 0.1) is 13.8 Å². The molecule has 0 amide bonds. The summed E-state index contributed by atoms with van der Waals surface area (Å²) < 4.78 is 1.19. The maximum Gasteiger partial charge on any atom is 0.0516 e. The normalized spacial score (nSPS) is 18.4. The SMILES string of the molecule is Cc1cc(C)c(NC2CCN(C)CC2)c(Br)c1. The largest absolute Gasteiger partial charge is 0.381 e. The van der Waals surface area contributed by atoms with Crippen LogP contribution in [0.1, 0.15) is 24.0 Å². The third-order valence-electron chi connectivity index (χ3n) is 3.50. The molecule has 0 bridgehead atoms. The number of nitrogens with zero attached hydrogens (tertiary/aromatic N) is 1. The molecule has 1 heterocycles. The second-order valence-corrected chi connectivity index (χ2v) is 6.01. The molecule has 1 aromatic carbocycles. The van der Waals surface area contributed by atoms with Gasteiger partial charge in [-0.15, -0.1) is 0 Å². The molecule has 17 heavy (non-hydrogen) atoms. The minimum absolute atomic E-state index is 0.615. The molecule has 1 aliphatic rings. The average molecular weight is 297 g/mol. The first-order valence-corrected chi connectivity index (χ1v) is 7.07. The number of nitrogens with one attached hydrogen (secondary N) is 1. The molecule has 1 saturated heterocycles. The number of piperidine rings is 1. The third-order valence-corrected chi connectivity index (χ3v) is 4.12. The standard InChI is InChI=1S/C14H21BrN2/c1-10-8-11(2)14(13(15)9-10)16-12-4-6-17(3)7-5-12/h8-9,12,16H,4-7H2,1-3H3. The lowest BCUT2D eigenvalue weighted by Crippen LogP contribution is -2.36. The first-order chi connectivity index (χ1) is 8.06. The van der Waals surface area contributed by atoms with E-state index in [-0.39, 0.29) is 0 Å². The molecule has 0 saturated carbocycles. The second kappa shape index (κ2) is 5.40. The van der Waals surface area contributed by atoms with Crippen molar-refractivity contribution in [2.45, 2.75) is 32.7 Å². The Hall–Kier alpha value is -0.540. The highest BCUT2D eigenvalue weighted by Crippen LogP contribution is 2.29. The van der Waals surface area contributed by atoms with E-state index < -0.39 is 0 Å². The van der Waals surface area contributed by atoms with Crippen LogP contribution in [0.15, 0.2) is 16.6 Å². The van der Waals surface area contributed by atoms with Crippen LogP contribution in [-0.2, 0) is 0 Å². The molecule has 0 radical (unpaired) electrons. The Kier molecular flexibility index (Phi) is 4.10. The summed E-state index contributed by atoms with van der Waals surface area (Å²) in [5.41, 5.74) is 3.91. The number of rotatable bonds is 2. The molecule has 0 aliphatic carbocycles. The molecule has 2 nitrogen and oxygen atoms in total. The molecule has 3 heteroatoms. The van der Waals surface area contributed by atoms with Gasteiger partial charge in [-0.1, -0.05) is 6.07 Å². The Morgan fingerprint density at radius 2 is 1.88 bits per heavy atom. The topological polar surface area (TPSA) is 15.3 Å².